The van der Waals surface area contributed by atoms with Crippen LogP contribution in [0.5, 0.6) is 0 Å². The van der Waals surface area contributed by atoms with Crippen molar-refractivity contribution >= 4 is 5.97 Å². The first-order valence-corrected chi connectivity index (χ1v) is 4.77. The predicted octanol–water partition coefficient (Wildman–Crippen LogP) is 2.05. The van der Waals surface area contributed by atoms with E-state index in [0.29, 0.717) is 6.42 Å². The zero-order valence-corrected chi connectivity index (χ0v) is 9.23. The Morgan fingerprint density at radius 1 is 1.29 bits per heavy atom. The van der Waals surface area contributed by atoms with Crippen LogP contribution in [0.3, 0.4) is 0 Å². The van der Waals surface area contributed by atoms with Crippen molar-refractivity contribution in [3.05, 3.63) is 22.5 Å². The predicted molar refractivity (Wildman–Crippen MR) is 55.3 cm³/mol. The molecular formula is C11H17NO2. The second-order valence-corrected chi connectivity index (χ2v) is 3.55. The summed E-state index contributed by atoms with van der Waals surface area (Å²) in [5.41, 5.74) is 4.84. The van der Waals surface area contributed by atoms with Gasteiger partial charge < -0.3 is 9.72 Å². The molecule has 0 amide bonds. The van der Waals surface area contributed by atoms with Crippen LogP contribution < -0.4 is 0 Å². The molecule has 0 fully saturated rings. The van der Waals surface area contributed by atoms with Gasteiger partial charge in [-0.05, 0) is 38.3 Å². The number of ether oxygens (including phenoxy) is 1. The van der Waals surface area contributed by atoms with E-state index in [0.717, 1.165) is 12.1 Å². The summed E-state index contributed by atoms with van der Waals surface area (Å²) in [4.78, 5) is 14.2. The van der Waals surface area contributed by atoms with Gasteiger partial charge in [-0.1, -0.05) is 0 Å². The molecule has 0 unspecified atom stereocenters. The Morgan fingerprint density at radius 3 is 2.36 bits per heavy atom. The van der Waals surface area contributed by atoms with Gasteiger partial charge >= 0.3 is 5.97 Å². The first-order valence-electron chi connectivity index (χ1n) is 4.77. The van der Waals surface area contributed by atoms with E-state index in [1.807, 2.05) is 13.8 Å². The fourth-order valence-corrected chi connectivity index (χ4v) is 1.66. The number of carbonyl (C=O) groups excluding carboxylic acids is 1. The maximum Gasteiger partial charge on any atom is 0.305 e. The van der Waals surface area contributed by atoms with E-state index in [2.05, 4.69) is 16.6 Å². The molecule has 0 aliphatic carbocycles. The summed E-state index contributed by atoms with van der Waals surface area (Å²) in [6, 6.07) is 0. The minimum atomic E-state index is -0.150. The van der Waals surface area contributed by atoms with E-state index in [-0.39, 0.29) is 5.97 Å². The molecule has 1 aromatic heterocycles. The summed E-state index contributed by atoms with van der Waals surface area (Å²) in [6.07, 6.45) is 1.21. The molecule has 0 radical (unpaired) electrons. The van der Waals surface area contributed by atoms with Gasteiger partial charge in [-0.25, -0.2) is 0 Å². The monoisotopic (exact) mass is 195 g/mol. The van der Waals surface area contributed by atoms with Crippen LogP contribution in [-0.2, 0) is 16.0 Å². The molecule has 78 valence electrons. The average Bonchev–Trinajstić information content (AvgIpc) is 2.39. The lowest BCUT2D eigenvalue weighted by molar-refractivity contribution is -0.140. The number of carbonyl (C=O) groups is 1. The van der Waals surface area contributed by atoms with Crippen molar-refractivity contribution in [1.29, 1.82) is 0 Å². The molecule has 0 aliphatic rings. The zero-order chi connectivity index (χ0) is 10.7. The van der Waals surface area contributed by atoms with E-state index in [9.17, 15) is 4.79 Å². The maximum absolute atomic E-state index is 11.0. The van der Waals surface area contributed by atoms with Gasteiger partial charge in [-0.3, -0.25) is 4.79 Å². The largest absolute Gasteiger partial charge is 0.469 e. The van der Waals surface area contributed by atoms with Crippen molar-refractivity contribution in [2.45, 2.75) is 33.6 Å². The van der Waals surface area contributed by atoms with Crippen LogP contribution in [0.1, 0.15) is 28.9 Å². The molecule has 1 rings (SSSR count). The smallest absolute Gasteiger partial charge is 0.305 e. The van der Waals surface area contributed by atoms with Gasteiger partial charge in [0.05, 0.1) is 7.11 Å². The topological polar surface area (TPSA) is 42.1 Å². The highest BCUT2D eigenvalue weighted by Crippen LogP contribution is 2.18. The molecule has 1 N–H and O–H groups in total. The van der Waals surface area contributed by atoms with Gasteiger partial charge in [0.2, 0.25) is 0 Å². The van der Waals surface area contributed by atoms with Gasteiger partial charge in [0.1, 0.15) is 0 Å². The summed E-state index contributed by atoms with van der Waals surface area (Å²) in [7, 11) is 1.42. The van der Waals surface area contributed by atoms with E-state index in [1.165, 1.54) is 23.9 Å². The number of aromatic nitrogens is 1. The van der Waals surface area contributed by atoms with Crippen molar-refractivity contribution in [2.24, 2.45) is 0 Å². The van der Waals surface area contributed by atoms with Crippen LogP contribution in [0.4, 0.5) is 0 Å². The van der Waals surface area contributed by atoms with Gasteiger partial charge in [0.25, 0.3) is 0 Å². The van der Waals surface area contributed by atoms with Gasteiger partial charge in [0, 0.05) is 17.8 Å². The highest BCUT2D eigenvalue weighted by atomic mass is 16.5. The molecule has 0 aliphatic heterocycles. The fraction of sp³-hybridized carbons (Fsp3) is 0.545. The van der Waals surface area contributed by atoms with E-state index < -0.39 is 0 Å². The fourth-order valence-electron chi connectivity index (χ4n) is 1.66. The second-order valence-electron chi connectivity index (χ2n) is 3.55. The van der Waals surface area contributed by atoms with Crippen LogP contribution in [0.15, 0.2) is 0 Å². The Balaban J connectivity index is 2.71. The Kier molecular flexibility index (Phi) is 3.33. The van der Waals surface area contributed by atoms with Crippen molar-refractivity contribution in [3.8, 4) is 0 Å². The maximum atomic E-state index is 11.0. The van der Waals surface area contributed by atoms with Gasteiger partial charge in [0.15, 0.2) is 0 Å². The molecule has 0 saturated heterocycles. The molecule has 1 aromatic rings. The number of methoxy groups -OCH3 is 1. The van der Waals surface area contributed by atoms with Crippen molar-refractivity contribution in [3.63, 3.8) is 0 Å². The molecule has 0 aromatic carbocycles. The zero-order valence-electron chi connectivity index (χ0n) is 9.23. The number of rotatable bonds is 3. The molecule has 0 atom stereocenters. The number of aromatic amines is 1. The highest BCUT2D eigenvalue weighted by Gasteiger charge is 2.10. The number of H-pyrrole nitrogens is 1. The summed E-state index contributed by atoms with van der Waals surface area (Å²) >= 11 is 0. The standard InChI is InChI=1S/C11H17NO2/c1-7-8(2)12-9(3)10(7)5-6-11(13)14-4/h12H,5-6H2,1-4H3. The van der Waals surface area contributed by atoms with E-state index in [4.69, 9.17) is 0 Å². The number of hydrogen-bond donors (Lipinski definition) is 1. The third kappa shape index (κ3) is 2.16. The van der Waals surface area contributed by atoms with Crippen LogP contribution in [0.2, 0.25) is 0 Å². The lowest BCUT2D eigenvalue weighted by Crippen LogP contribution is -2.02. The first kappa shape index (κ1) is 10.8. The van der Waals surface area contributed by atoms with Gasteiger partial charge in [-0.2, -0.15) is 0 Å². The van der Waals surface area contributed by atoms with E-state index >= 15 is 0 Å². The third-order valence-corrected chi connectivity index (χ3v) is 2.65. The Labute approximate surface area is 84.5 Å². The molecule has 0 bridgehead atoms. The summed E-state index contributed by atoms with van der Waals surface area (Å²) < 4.78 is 4.61. The highest BCUT2D eigenvalue weighted by molar-refractivity contribution is 5.69. The Morgan fingerprint density at radius 2 is 1.93 bits per heavy atom. The molecule has 0 spiro atoms. The quantitative estimate of drug-likeness (QED) is 0.750. The number of aryl methyl sites for hydroxylation is 2. The van der Waals surface area contributed by atoms with Crippen LogP contribution in [0, 0.1) is 20.8 Å². The van der Waals surface area contributed by atoms with Crippen molar-refractivity contribution in [1.82, 2.24) is 4.98 Å². The molecule has 1 heterocycles. The number of esters is 1. The third-order valence-electron chi connectivity index (χ3n) is 2.65. The minimum Gasteiger partial charge on any atom is -0.469 e. The Hall–Kier alpha value is -1.25. The average molecular weight is 195 g/mol. The minimum absolute atomic E-state index is 0.150. The molecule has 3 nitrogen and oxygen atoms in total. The molecule has 3 heteroatoms. The molecule has 14 heavy (non-hydrogen) atoms. The SMILES string of the molecule is COC(=O)CCc1c(C)[nH]c(C)c1C. The first-order chi connectivity index (χ1) is 6.56. The summed E-state index contributed by atoms with van der Waals surface area (Å²) in [5.74, 6) is -0.150. The van der Waals surface area contributed by atoms with Crippen molar-refractivity contribution < 1.29 is 9.53 Å². The van der Waals surface area contributed by atoms with Crippen molar-refractivity contribution in [2.75, 3.05) is 7.11 Å². The van der Waals surface area contributed by atoms with E-state index in [1.54, 1.807) is 0 Å². The normalized spacial score (nSPS) is 10.3. The summed E-state index contributed by atoms with van der Waals surface area (Å²) in [5, 5.41) is 0. The van der Waals surface area contributed by atoms with Crippen LogP contribution >= 0.6 is 0 Å². The van der Waals surface area contributed by atoms with Crippen LogP contribution in [0.25, 0.3) is 0 Å². The second kappa shape index (κ2) is 4.31. The summed E-state index contributed by atoms with van der Waals surface area (Å²) in [6.45, 7) is 6.15. The van der Waals surface area contributed by atoms with Gasteiger partial charge in [-0.15, -0.1) is 0 Å². The van der Waals surface area contributed by atoms with Crippen LogP contribution in [-0.4, -0.2) is 18.1 Å². The number of nitrogens with one attached hydrogen (secondary N) is 1. The lowest BCUT2D eigenvalue weighted by atomic mass is 10.1. The number of hydrogen-bond acceptors (Lipinski definition) is 2. The lowest BCUT2D eigenvalue weighted by Gasteiger charge is -2.01. The molecular weight excluding hydrogens is 178 g/mol. The Bertz CT molecular complexity index is 339. The molecule has 0 saturated carbocycles.